The third-order valence-corrected chi connectivity index (χ3v) is 2.26. The standard InChI is InChI=1S/C8H7BrF3N/c9-6-3-1-2-5(4-13)7(6)8(10,11)12/h1-3H,4,13H2. The molecule has 2 N–H and O–H groups in total. The van der Waals surface area contributed by atoms with Crippen LogP contribution in [0.5, 0.6) is 0 Å². The van der Waals surface area contributed by atoms with E-state index in [4.69, 9.17) is 5.73 Å². The van der Waals surface area contributed by atoms with Crippen LogP contribution in [0.3, 0.4) is 0 Å². The van der Waals surface area contributed by atoms with Gasteiger partial charge in [0.05, 0.1) is 5.56 Å². The molecule has 0 heterocycles. The SMILES string of the molecule is NCc1cccc(Br)c1C(F)(F)F. The molecule has 1 aromatic carbocycles. The third-order valence-electron chi connectivity index (χ3n) is 1.60. The quantitative estimate of drug-likeness (QED) is 0.819. The van der Waals surface area contributed by atoms with Crippen molar-refractivity contribution < 1.29 is 13.2 Å². The second-order valence-electron chi connectivity index (χ2n) is 2.48. The first-order valence-electron chi connectivity index (χ1n) is 3.51. The number of benzene rings is 1. The van der Waals surface area contributed by atoms with E-state index in [0.717, 1.165) is 0 Å². The van der Waals surface area contributed by atoms with Crippen LogP contribution in [-0.4, -0.2) is 0 Å². The van der Waals surface area contributed by atoms with Crippen molar-refractivity contribution in [1.82, 2.24) is 0 Å². The zero-order valence-electron chi connectivity index (χ0n) is 6.53. The summed E-state index contributed by atoms with van der Waals surface area (Å²) < 4.78 is 37.3. The minimum absolute atomic E-state index is 0.0305. The molecule has 5 heteroatoms. The average molecular weight is 254 g/mol. The summed E-state index contributed by atoms with van der Waals surface area (Å²) in [5, 5.41) is 0. The van der Waals surface area contributed by atoms with Crippen molar-refractivity contribution in [2.75, 3.05) is 0 Å². The normalized spacial score (nSPS) is 11.8. The van der Waals surface area contributed by atoms with E-state index >= 15 is 0 Å². The molecule has 0 saturated heterocycles. The van der Waals surface area contributed by atoms with Crippen LogP contribution in [0, 0.1) is 0 Å². The summed E-state index contributed by atoms with van der Waals surface area (Å²) in [5.74, 6) is 0. The van der Waals surface area contributed by atoms with Crippen molar-refractivity contribution in [3.63, 3.8) is 0 Å². The van der Waals surface area contributed by atoms with E-state index in [1.807, 2.05) is 0 Å². The fourth-order valence-corrected chi connectivity index (χ4v) is 1.69. The van der Waals surface area contributed by atoms with Gasteiger partial charge in [0, 0.05) is 11.0 Å². The number of alkyl halides is 3. The molecule has 0 radical (unpaired) electrons. The molecule has 72 valence electrons. The van der Waals surface area contributed by atoms with E-state index in [2.05, 4.69) is 15.9 Å². The Morgan fingerprint density at radius 2 is 1.92 bits per heavy atom. The molecular formula is C8H7BrF3N. The van der Waals surface area contributed by atoms with Crippen LogP contribution < -0.4 is 5.73 Å². The van der Waals surface area contributed by atoms with Gasteiger partial charge >= 0.3 is 6.18 Å². The maximum atomic E-state index is 12.4. The highest BCUT2D eigenvalue weighted by Gasteiger charge is 2.34. The third kappa shape index (κ3) is 2.22. The Morgan fingerprint density at radius 3 is 2.31 bits per heavy atom. The van der Waals surface area contributed by atoms with Crippen LogP contribution in [0.2, 0.25) is 0 Å². The van der Waals surface area contributed by atoms with Crippen molar-refractivity contribution in [2.24, 2.45) is 5.73 Å². The zero-order chi connectivity index (χ0) is 10.1. The Kier molecular flexibility index (Phi) is 2.98. The molecule has 1 aromatic rings. The second kappa shape index (κ2) is 3.67. The summed E-state index contributed by atoms with van der Waals surface area (Å²) >= 11 is 2.85. The summed E-state index contributed by atoms with van der Waals surface area (Å²) in [6.45, 7) is -0.117. The summed E-state index contributed by atoms with van der Waals surface area (Å²) in [6, 6.07) is 4.25. The molecular weight excluding hydrogens is 247 g/mol. The van der Waals surface area contributed by atoms with Gasteiger partial charge in [-0.05, 0) is 11.6 Å². The van der Waals surface area contributed by atoms with Gasteiger partial charge in [-0.15, -0.1) is 0 Å². The molecule has 0 fully saturated rings. The first-order chi connectivity index (χ1) is 5.96. The number of hydrogen-bond donors (Lipinski definition) is 1. The Morgan fingerprint density at radius 1 is 1.31 bits per heavy atom. The summed E-state index contributed by atoms with van der Waals surface area (Å²) in [5.41, 5.74) is 4.61. The van der Waals surface area contributed by atoms with Crippen LogP contribution in [0.4, 0.5) is 13.2 Å². The van der Waals surface area contributed by atoms with Crippen molar-refractivity contribution in [3.05, 3.63) is 33.8 Å². The highest BCUT2D eigenvalue weighted by atomic mass is 79.9. The summed E-state index contributed by atoms with van der Waals surface area (Å²) in [7, 11) is 0. The molecule has 0 aliphatic heterocycles. The molecule has 0 aliphatic carbocycles. The molecule has 1 rings (SSSR count). The van der Waals surface area contributed by atoms with Crippen molar-refractivity contribution >= 4 is 15.9 Å². The lowest BCUT2D eigenvalue weighted by atomic mass is 10.1. The fourth-order valence-electron chi connectivity index (χ4n) is 1.06. The van der Waals surface area contributed by atoms with Crippen LogP contribution >= 0.6 is 15.9 Å². The van der Waals surface area contributed by atoms with Crippen molar-refractivity contribution in [2.45, 2.75) is 12.7 Å². The molecule has 0 bridgehead atoms. The highest BCUT2D eigenvalue weighted by molar-refractivity contribution is 9.10. The number of rotatable bonds is 1. The lowest BCUT2D eigenvalue weighted by molar-refractivity contribution is -0.138. The fraction of sp³-hybridized carbons (Fsp3) is 0.250. The average Bonchev–Trinajstić information content (AvgIpc) is 2.01. The molecule has 0 aromatic heterocycles. The second-order valence-corrected chi connectivity index (χ2v) is 3.33. The van der Waals surface area contributed by atoms with Gasteiger partial charge in [-0.3, -0.25) is 0 Å². The van der Waals surface area contributed by atoms with Crippen LogP contribution in [0.15, 0.2) is 22.7 Å². The number of hydrogen-bond acceptors (Lipinski definition) is 1. The predicted molar refractivity (Wildman–Crippen MR) is 47.0 cm³/mol. The first-order valence-corrected chi connectivity index (χ1v) is 4.30. The molecule has 0 spiro atoms. The van der Waals surface area contributed by atoms with Gasteiger partial charge in [0.15, 0.2) is 0 Å². The van der Waals surface area contributed by atoms with Gasteiger partial charge < -0.3 is 5.73 Å². The largest absolute Gasteiger partial charge is 0.417 e. The minimum Gasteiger partial charge on any atom is -0.326 e. The Labute approximate surface area is 81.9 Å². The lowest BCUT2D eigenvalue weighted by Gasteiger charge is -2.12. The number of nitrogens with two attached hydrogens (primary N) is 1. The Balaban J connectivity index is 3.32. The van der Waals surface area contributed by atoms with Gasteiger partial charge in [-0.2, -0.15) is 13.2 Å². The first kappa shape index (κ1) is 10.5. The Hall–Kier alpha value is -0.550. The summed E-state index contributed by atoms with van der Waals surface area (Å²) in [4.78, 5) is 0. The zero-order valence-corrected chi connectivity index (χ0v) is 8.11. The van der Waals surface area contributed by atoms with Crippen LogP contribution in [0.1, 0.15) is 11.1 Å². The van der Waals surface area contributed by atoms with Crippen molar-refractivity contribution in [3.8, 4) is 0 Å². The van der Waals surface area contributed by atoms with E-state index in [-0.39, 0.29) is 16.6 Å². The highest BCUT2D eigenvalue weighted by Crippen LogP contribution is 2.36. The number of halogens is 4. The van der Waals surface area contributed by atoms with E-state index in [9.17, 15) is 13.2 Å². The van der Waals surface area contributed by atoms with Gasteiger partial charge in [0.2, 0.25) is 0 Å². The smallest absolute Gasteiger partial charge is 0.326 e. The Bertz CT molecular complexity index is 309. The molecule has 0 aliphatic rings. The lowest BCUT2D eigenvalue weighted by Crippen LogP contribution is -2.12. The molecule has 1 nitrogen and oxygen atoms in total. The molecule has 13 heavy (non-hydrogen) atoms. The molecule has 0 unspecified atom stereocenters. The topological polar surface area (TPSA) is 26.0 Å². The summed E-state index contributed by atoms with van der Waals surface area (Å²) in [6.07, 6.45) is -4.35. The van der Waals surface area contributed by atoms with Crippen LogP contribution in [0.25, 0.3) is 0 Å². The van der Waals surface area contributed by atoms with Gasteiger partial charge in [-0.25, -0.2) is 0 Å². The maximum Gasteiger partial charge on any atom is 0.417 e. The molecule has 0 atom stereocenters. The van der Waals surface area contributed by atoms with E-state index in [1.165, 1.54) is 18.2 Å². The monoisotopic (exact) mass is 253 g/mol. The van der Waals surface area contributed by atoms with Gasteiger partial charge in [0.1, 0.15) is 0 Å². The predicted octanol–water partition coefficient (Wildman–Crippen LogP) is 2.93. The van der Waals surface area contributed by atoms with Gasteiger partial charge in [-0.1, -0.05) is 28.1 Å². The molecule has 0 amide bonds. The van der Waals surface area contributed by atoms with E-state index < -0.39 is 11.7 Å². The van der Waals surface area contributed by atoms with Crippen LogP contribution in [-0.2, 0) is 12.7 Å². The van der Waals surface area contributed by atoms with Gasteiger partial charge in [0.25, 0.3) is 0 Å². The maximum absolute atomic E-state index is 12.4. The molecule has 0 saturated carbocycles. The minimum atomic E-state index is -4.35. The van der Waals surface area contributed by atoms with Crippen molar-refractivity contribution in [1.29, 1.82) is 0 Å². The van der Waals surface area contributed by atoms with E-state index in [0.29, 0.717) is 0 Å². The van der Waals surface area contributed by atoms with E-state index in [1.54, 1.807) is 0 Å².